The highest BCUT2D eigenvalue weighted by molar-refractivity contribution is 5.24. The Morgan fingerprint density at radius 2 is 1.67 bits per heavy atom. The van der Waals surface area contributed by atoms with E-state index >= 15 is 0 Å². The molecule has 2 heteroatoms. The van der Waals surface area contributed by atoms with Crippen molar-refractivity contribution in [2.75, 3.05) is 13.2 Å². The number of ether oxygens (including phenoxy) is 1. The summed E-state index contributed by atoms with van der Waals surface area (Å²) in [6.07, 6.45) is 3.15. The number of nitrogens with two attached hydrogens (primary N) is 1. The molecular weight excluding hydrogens is 258 g/mol. The van der Waals surface area contributed by atoms with E-state index < -0.39 is 0 Å². The van der Waals surface area contributed by atoms with Crippen molar-refractivity contribution in [3.8, 4) is 0 Å². The third-order valence-corrected chi connectivity index (χ3v) is 3.71. The lowest BCUT2D eigenvalue weighted by molar-refractivity contribution is 0.119. The topological polar surface area (TPSA) is 35.2 Å². The first-order valence-electron chi connectivity index (χ1n) is 7.75. The molecule has 2 N–H and O–H groups in total. The van der Waals surface area contributed by atoms with Gasteiger partial charge in [0.2, 0.25) is 0 Å². The van der Waals surface area contributed by atoms with Crippen molar-refractivity contribution in [2.24, 2.45) is 5.73 Å². The standard InChI is InChI=1S/C19H25NO/c1-2-16-10-12-18(13-11-16)19(20)15-21-14-6-9-17-7-4-3-5-8-17/h3-5,7-8,10-13,19H,2,6,9,14-15,20H2,1H3. The van der Waals surface area contributed by atoms with Crippen LogP contribution in [0.4, 0.5) is 0 Å². The number of hydrogen-bond acceptors (Lipinski definition) is 2. The molecule has 0 bridgehead atoms. The summed E-state index contributed by atoms with van der Waals surface area (Å²) < 4.78 is 5.70. The van der Waals surface area contributed by atoms with Gasteiger partial charge in [-0.2, -0.15) is 0 Å². The summed E-state index contributed by atoms with van der Waals surface area (Å²) in [6.45, 7) is 3.50. The Bertz CT molecular complexity index is 507. The van der Waals surface area contributed by atoms with Crippen molar-refractivity contribution in [1.29, 1.82) is 0 Å². The van der Waals surface area contributed by atoms with Crippen LogP contribution in [0.5, 0.6) is 0 Å². The van der Waals surface area contributed by atoms with E-state index in [9.17, 15) is 0 Å². The van der Waals surface area contributed by atoms with Gasteiger partial charge in [0.25, 0.3) is 0 Å². The normalized spacial score (nSPS) is 12.3. The van der Waals surface area contributed by atoms with E-state index in [0.717, 1.165) is 31.4 Å². The van der Waals surface area contributed by atoms with Crippen molar-refractivity contribution in [2.45, 2.75) is 32.2 Å². The average Bonchev–Trinajstić information content (AvgIpc) is 2.55. The lowest BCUT2D eigenvalue weighted by Crippen LogP contribution is -2.17. The van der Waals surface area contributed by atoms with Gasteiger partial charge in [-0.3, -0.25) is 0 Å². The molecule has 1 unspecified atom stereocenters. The van der Waals surface area contributed by atoms with Gasteiger partial charge in [-0.05, 0) is 36.0 Å². The van der Waals surface area contributed by atoms with Crippen LogP contribution in [-0.4, -0.2) is 13.2 Å². The average molecular weight is 283 g/mol. The van der Waals surface area contributed by atoms with Crippen LogP contribution in [0, 0.1) is 0 Å². The largest absolute Gasteiger partial charge is 0.379 e. The lowest BCUT2D eigenvalue weighted by atomic mass is 10.1. The van der Waals surface area contributed by atoms with Crippen LogP contribution in [-0.2, 0) is 17.6 Å². The number of hydrogen-bond donors (Lipinski definition) is 1. The second kappa shape index (κ2) is 8.60. The monoisotopic (exact) mass is 283 g/mol. The van der Waals surface area contributed by atoms with Crippen LogP contribution in [0.15, 0.2) is 54.6 Å². The van der Waals surface area contributed by atoms with E-state index in [1.54, 1.807) is 0 Å². The third kappa shape index (κ3) is 5.33. The van der Waals surface area contributed by atoms with Gasteiger partial charge in [0.15, 0.2) is 0 Å². The summed E-state index contributed by atoms with van der Waals surface area (Å²) in [5.41, 5.74) is 10.0. The van der Waals surface area contributed by atoms with E-state index in [1.165, 1.54) is 11.1 Å². The molecule has 1 atom stereocenters. The molecule has 0 aromatic heterocycles. The Labute approximate surface area is 127 Å². The summed E-state index contributed by atoms with van der Waals surface area (Å²) >= 11 is 0. The highest BCUT2D eigenvalue weighted by Crippen LogP contribution is 2.13. The Hall–Kier alpha value is -1.64. The maximum absolute atomic E-state index is 6.15. The molecule has 0 spiro atoms. The van der Waals surface area contributed by atoms with Gasteiger partial charge in [-0.1, -0.05) is 61.5 Å². The van der Waals surface area contributed by atoms with Crippen molar-refractivity contribution in [3.63, 3.8) is 0 Å². The minimum atomic E-state index is -0.0346. The molecule has 0 saturated heterocycles. The van der Waals surface area contributed by atoms with Crippen molar-refractivity contribution >= 4 is 0 Å². The fourth-order valence-electron chi connectivity index (χ4n) is 2.33. The van der Waals surface area contributed by atoms with E-state index in [4.69, 9.17) is 10.5 Å². The molecule has 0 saturated carbocycles. The van der Waals surface area contributed by atoms with Crippen molar-refractivity contribution in [3.05, 3.63) is 71.3 Å². The molecular formula is C19H25NO. The Morgan fingerprint density at radius 3 is 2.33 bits per heavy atom. The van der Waals surface area contributed by atoms with Crippen molar-refractivity contribution in [1.82, 2.24) is 0 Å². The Kier molecular flexibility index (Phi) is 6.45. The molecule has 0 radical (unpaired) electrons. The summed E-state index contributed by atoms with van der Waals surface area (Å²) in [6, 6.07) is 19.0. The minimum absolute atomic E-state index is 0.0346. The predicted molar refractivity (Wildman–Crippen MR) is 88.3 cm³/mol. The molecule has 0 aliphatic heterocycles. The molecule has 0 aliphatic rings. The molecule has 21 heavy (non-hydrogen) atoms. The van der Waals surface area contributed by atoms with Crippen molar-refractivity contribution < 1.29 is 4.74 Å². The first-order valence-corrected chi connectivity index (χ1v) is 7.75. The van der Waals surface area contributed by atoms with Gasteiger partial charge in [-0.25, -0.2) is 0 Å². The van der Waals surface area contributed by atoms with Crippen LogP contribution >= 0.6 is 0 Å². The third-order valence-electron chi connectivity index (χ3n) is 3.71. The summed E-state index contributed by atoms with van der Waals surface area (Å²) in [4.78, 5) is 0. The molecule has 2 aromatic rings. The van der Waals surface area contributed by atoms with Gasteiger partial charge in [-0.15, -0.1) is 0 Å². The molecule has 0 amide bonds. The SMILES string of the molecule is CCc1ccc(C(N)COCCCc2ccccc2)cc1. The summed E-state index contributed by atoms with van der Waals surface area (Å²) in [5, 5.41) is 0. The quantitative estimate of drug-likeness (QED) is 0.746. The summed E-state index contributed by atoms with van der Waals surface area (Å²) in [5.74, 6) is 0. The fourth-order valence-corrected chi connectivity index (χ4v) is 2.33. The van der Waals surface area contributed by atoms with Crippen LogP contribution in [0.2, 0.25) is 0 Å². The molecule has 112 valence electrons. The highest BCUT2D eigenvalue weighted by Gasteiger charge is 2.05. The fraction of sp³-hybridized carbons (Fsp3) is 0.368. The van der Waals surface area contributed by atoms with Crippen LogP contribution in [0.3, 0.4) is 0 Å². The predicted octanol–water partition coefficient (Wildman–Crippen LogP) is 3.90. The molecule has 0 fully saturated rings. The zero-order valence-electron chi connectivity index (χ0n) is 12.8. The van der Waals surface area contributed by atoms with Gasteiger partial charge < -0.3 is 10.5 Å². The Balaban J connectivity index is 1.65. The number of rotatable bonds is 8. The van der Waals surface area contributed by atoms with E-state index in [-0.39, 0.29) is 6.04 Å². The van der Waals surface area contributed by atoms with Gasteiger partial charge >= 0.3 is 0 Å². The lowest BCUT2D eigenvalue weighted by Gasteiger charge is -2.13. The van der Waals surface area contributed by atoms with E-state index in [2.05, 4.69) is 55.5 Å². The minimum Gasteiger partial charge on any atom is -0.379 e. The Morgan fingerprint density at radius 1 is 0.952 bits per heavy atom. The number of aryl methyl sites for hydroxylation is 2. The second-order valence-electron chi connectivity index (χ2n) is 5.37. The molecule has 2 aromatic carbocycles. The van der Waals surface area contributed by atoms with E-state index in [1.807, 2.05) is 6.07 Å². The molecule has 0 heterocycles. The molecule has 0 aliphatic carbocycles. The van der Waals surface area contributed by atoms with Gasteiger partial charge in [0, 0.05) is 6.61 Å². The molecule has 2 nitrogen and oxygen atoms in total. The summed E-state index contributed by atoms with van der Waals surface area (Å²) in [7, 11) is 0. The maximum atomic E-state index is 6.15. The maximum Gasteiger partial charge on any atom is 0.0659 e. The molecule has 2 rings (SSSR count). The van der Waals surface area contributed by atoms with Crippen LogP contribution in [0.1, 0.15) is 36.1 Å². The first-order chi connectivity index (χ1) is 10.3. The smallest absolute Gasteiger partial charge is 0.0659 e. The highest BCUT2D eigenvalue weighted by atomic mass is 16.5. The van der Waals surface area contributed by atoms with Gasteiger partial charge in [0.1, 0.15) is 0 Å². The van der Waals surface area contributed by atoms with Crippen LogP contribution in [0.25, 0.3) is 0 Å². The number of benzene rings is 2. The van der Waals surface area contributed by atoms with Crippen LogP contribution < -0.4 is 5.73 Å². The zero-order chi connectivity index (χ0) is 14.9. The zero-order valence-corrected chi connectivity index (χ0v) is 12.8. The van der Waals surface area contributed by atoms with Gasteiger partial charge in [0.05, 0.1) is 12.6 Å². The second-order valence-corrected chi connectivity index (χ2v) is 5.37. The van der Waals surface area contributed by atoms with E-state index in [0.29, 0.717) is 6.61 Å². The first kappa shape index (κ1) is 15.7.